The second-order valence-corrected chi connectivity index (χ2v) is 12.9. The number of carbonyl (C=O) groups excluding carboxylic acids is 2. The molecule has 232 valence electrons. The lowest BCUT2D eigenvalue weighted by Gasteiger charge is -2.34. The Bertz CT molecular complexity index is 1190. The van der Waals surface area contributed by atoms with Crippen LogP contribution < -0.4 is 5.32 Å². The maximum Gasteiger partial charge on any atom is 0.306 e. The van der Waals surface area contributed by atoms with E-state index in [1.54, 1.807) is 4.90 Å². The zero-order valence-electron chi connectivity index (χ0n) is 26.0. The quantitative estimate of drug-likeness (QED) is 0.183. The van der Waals surface area contributed by atoms with Gasteiger partial charge in [-0.2, -0.15) is 0 Å². The van der Waals surface area contributed by atoms with Crippen molar-refractivity contribution in [3.05, 3.63) is 52.0 Å². The average Bonchev–Trinajstić information content (AvgIpc) is 3.34. The number of carboxylic acids is 1. The topological polar surface area (TPSA) is 121 Å². The molecule has 1 aromatic carbocycles. The van der Waals surface area contributed by atoms with Crippen molar-refractivity contribution in [3.8, 4) is 0 Å². The number of nitrogens with zero attached hydrogens (tertiary/aromatic N) is 2. The molecule has 3 rings (SSSR count). The van der Waals surface area contributed by atoms with E-state index in [2.05, 4.69) is 33.0 Å². The van der Waals surface area contributed by atoms with E-state index in [1.165, 1.54) is 18.3 Å². The fourth-order valence-corrected chi connectivity index (χ4v) is 6.22. The minimum atomic E-state index is -0.880. The van der Waals surface area contributed by atoms with Crippen LogP contribution >= 0.6 is 11.3 Å². The predicted octanol–water partition coefficient (Wildman–Crippen LogP) is 5.39. The summed E-state index contributed by atoms with van der Waals surface area (Å²) in [4.78, 5) is 43.1. The summed E-state index contributed by atoms with van der Waals surface area (Å²) in [6, 6.07) is 9.78. The van der Waals surface area contributed by atoms with Gasteiger partial charge in [-0.25, -0.2) is 4.98 Å². The Morgan fingerprint density at radius 3 is 2.50 bits per heavy atom. The van der Waals surface area contributed by atoms with Crippen molar-refractivity contribution in [2.45, 2.75) is 110 Å². The SMILES string of the molecule is CCC(C)CC(=O)N(C)[C@H](C[C@@H](OC(C)=O)c1nc(CNC(Cc2ccccc2)C2(C)OC2CC(=O)O)cs1)C(C)C. The third kappa shape index (κ3) is 9.34. The molecule has 2 N–H and O–H groups in total. The zero-order chi connectivity index (χ0) is 31.0. The summed E-state index contributed by atoms with van der Waals surface area (Å²) in [5, 5.41) is 15.5. The number of carbonyl (C=O) groups is 3. The van der Waals surface area contributed by atoms with Crippen LogP contribution in [-0.4, -0.2) is 63.7 Å². The van der Waals surface area contributed by atoms with Crippen LogP contribution in [-0.2, 0) is 36.8 Å². The number of hydrogen-bond acceptors (Lipinski definition) is 8. The van der Waals surface area contributed by atoms with E-state index >= 15 is 0 Å². The highest BCUT2D eigenvalue weighted by Crippen LogP contribution is 2.42. The fourth-order valence-electron chi connectivity index (χ4n) is 5.36. The molecule has 0 radical (unpaired) electrons. The third-order valence-electron chi connectivity index (χ3n) is 8.33. The van der Waals surface area contributed by atoms with Gasteiger partial charge in [-0.05, 0) is 30.7 Å². The van der Waals surface area contributed by atoms with Crippen molar-refractivity contribution in [1.82, 2.24) is 15.2 Å². The minimum absolute atomic E-state index is 0.0420. The van der Waals surface area contributed by atoms with Crippen LogP contribution in [0.5, 0.6) is 0 Å². The van der Waals surface area contributed by atoms with Gasteiger partial charge in [0.1, 0.15) is 10.6 Å². The molecule has 1 saturated heterocycles. The number of rotatable bonds is 17. The number of nitrogens with one attached hydrogen (secondary N) is 1. The smallest absolute Gasteiger partial charge is 0.306 e. The summed E-state index contributed by atoms with van der Waals surface area (Å²) < 4.78 is 11.7. The molecule has 1 aliphatic rings. The van der Waals surface area contributed by atoms with Crippen molar-refractivity contribution < 1.29 is 29.0 Å². The highest BCUT2D eigenvalue weighted by molar-refractivity contribution is 7.09. The van der Waals surface area contributed by atoms with Gasteiger partial charge in [0, 0.05) is 50.8 Å². The van der Waals surface area contributed by atoms with Gasteiger partial charge in [-0.15, -0.1) is 11.3 Å². The number of epoxide rings is 1. The molecule has 0 bridgehead atoms. The first kappa shape index (κ1) is 33.7. The van der Waals surface area contributed by atoms with Crippen molar-refractivity contribution in [3.63, 3.8) is 0 Å². The predicted molar refractivity (Wildman–Crippen MR) is 163 cm³/mol. The number of carboxylic acid groups (broad SMARTS) is 1. The Hall–Kier alpha value is -2.82. The van der Waals surface area contributed by atoms with Crippen molar-refractivity contribution in [2.24, 2.45) is 11.8 Å². The molecule has 0 spiro atoms. The number of amides is 1. The highest BCUT2D eigenvalue weighted by Gasteiger charge is 2.57. The number of ether oxygens (including phenoxy) is 2. The Kier molecular flexibility index (Phi) is 12.1. The van der Waals surface area contributed by atoms with Gasteiger partial charge in [-0.3, -0.25) is 14.4 Å². The van der Waals surface area contributed by atoms with Gasteiger partial charge in [0.05, 0.1) is 18.2 Å². The molecule has 1 amide bonds. The van der Waals surface area contributed by atoms with Crippen LogP contribution in [0, 0.1) is 11.8 Å². The lowest BCUT2D eigenvalue weighted by atomic mass is 9.90. The van der Waals surface area contributed by atoms with E-state index in [1.807, 2.05) is 49.7 Å². The van der Waals surface area contributed by atoms with Gasteiger partial charge in [0.2, 0.25) is 5.91 Å². The third-order valence-corrected chi connectivity index (χ3v) is 9.32. The van der Waals surface area contributed by atoms with Gasteiger partial charge in [0.15, 0.2) is 6.10 Å². The van der Waals surface area contributed by atoms with Crippen LogP contribution in [0.4, 0.5) is 0 Å². The first-order valence-electron chi connectivity index (χ1n) is 14.9. The molecule has 9 nitrogen and oxygen atoms in total. The molecule has 0 saturated carbocycles. The van der Waals surface area contributed by atoms with Gasteiger partial charge >= 0.3 is 11.9 Å². The molecule has 1 aliphatic heterocycles. The van der Waals surface area contributed by atoms with Gasteiger partial charge < -0.3 is 24.8 Å². The number of esters is 1. The molecule has 0 aliphatic carbocycles. The number of hydrogen-bond donors (Lipinski definition) is 2. The van der Waals surface area contributed by atoms with Crippen LogP contribution in [0.15, 0.2) is 35.7 Å². The zero-order valence-corrected chi connectivity index (χ0v) is 26.8. The highest BCUT2D eigenvalue weighted by atomic mass is 32.1. The Morgan fingerprint density at radius 2 is 1.90 bits per heavy atom. The van der Waals surface area contributed by atoms with E-state index in [9.17, 15) is 19.5 Å². The summed E-state index contributed by atoms with van der Waals surface area (Å²) in [6.07, 6.45) is 1.59. The van der Waals surface area contributed by atoms with E-state index in [4.69, 9.17) is 14.5 Å². The molecule has 42 heavy (non-hydrogen) atoms. The lowest BCUT2D eigenvalue weighted by molar-refractivity contribution is -0.148. The molecule has 6 atom stereocenters. The molecule has 4 unspecified atom stereocenters. The summed E-state index contributed by atoms with van der Waals surface area (Å²) in [5.41, 5.74) is 1.32. The Labute approximate surface area is 254 Å². The molecular weight excluding hydrogens is 554 g/mol. The molecule has 2 heterocycles. The summed E-state index contributed by atoms with van der Waals surface area (Å²) in [5.74, 6) is -0.715. The first-order valence-corrected chi connectivity index (χ1v) is 15.8. The van der Waals surface area contributed by atoms with E-state index in [0.717, 1.165) is 17.7 Å². The fraction of sp³-hybridized carbons (Fsp3) is 0.625. The summed E-state index contributed by atoms with van der Waals surface area (Å²) in [6.45, 7) is 12.1. The van der Waals surface area contributed by atoms with Crippen molar-refractivity contribution >= 4 is 29.2 Å². The first-order chi connectivity index (χ1) is 19.8. The van der Waals surface area contributed by atoms with Crippen LogP contribution in [0.1, 0.15) is 89.6 Å². The standard InChI is InChI=1S/C32H47N3O6S/c1-8-21(4)14-29(37)35(7)25(20(2)3)16-26(40-22(5)36)31-34-24(19-42-31)18-33-27(15-23-12-10-9-11-13-23)32(6)28(41-32)17-30(38)39/h9-13,19-21,25-28,33H,8,14-18H2,1-7H3,(H,38,39)/t21?,25-,26-,27?,28?,32?/m1/s1. The second kappa shape index (κ2) is 15.1. The number of benzene rings is 1. The van der Waals surface area contributed by atoms with E-state index < -0.39 is 23.6 Å². The van der Waals surface area contributed by atoms with Gasteiger partial charge in [0.25, 0.3) is 0 Å². The van der Waals surface area contributed by atoms with Crippen molar-refractivity contribution in [2.75, 3.05) is 7.05 Å². The number of aliphatic carboxylic acids is 1. The average molecular weight is 602 g/mol. The van der Waals surface area contributed by atoms with Gasteiger partial charge in [-0.1, -0.05) is 64.4 Å². The molecule has 2 aromatic rings. The van der Waals surface area contributed by atoms with Crippen LogP contribution in [0.3, 0.4) is 0 Å². The van der Waals surface area contributed by atoms with Crippen LogP contribution in [0.2, 0.25) is 0 Å². The number of thiazole rings is 1. The maximum absolute atomic E-state index is 13.0. The maximum atomic E-state index is 13.0. The minimum Gasteiger partial charge on any atom is -0.481 e. The largest absolute Gasteiger partial charge is 0.481 e. The Balaban J connectivity index is 1.74. The van der Waals surface area contributed by atoms with E-state index in [-0.39, 0.29) is 36.4 Å². The summed E-state index contributed by atoms with van der Waals surface area (Å²) in [7, 11) is 1.84. The number of aromatic nitrogens is 1. The second-order valence-electron chi connectivity index (χ2n) is 12.1. The van der Waals surface area contributed by atoms with Crippen LogP contribution in [0.25, 0.3) is 0 Å². The molecule has 1 fully saturated rings. The lowest BCUT2D eigenvalue weighted by Crippen LogP contribution is -2.44. The van der Waals surface area contributed by atoms with Crippen molar-refractivity contribution in [1.29, 1.82) is 0 Å². The molecule has 1 aromatic heterocycles. The molecule has 10 heteroatoms. The Morgan fingerprint density at radius 1 is 1.21 bits per heavy atom. The monoisotopic (exact) mass is 601 g/mol. The normalized spacial score (nSPS) is 20.9. The summed E-state index contributed by atoms with van der Waals surface area (Å²) >= 11 is 1.43. The van der Waals surface area contributed by atoms with E-state index in [0.29, 0.717) is 36.7 Å². The molecular formula is C32H47N3O6S.